The van der Waals surface area contributed by atoms with Crippen molar-refractivity contribution in [2.24, 2.45) is 0 Å². The first-order chi connectivity index (χ1) is 11.5. The molecular formula is C20H46N2O2. The third kappa shape index (κ3) is 28.9. The number of carbonyl (C=O) groups is 2. The minimum absolute atomic E-state index is 0.205. The Morgan fingerprint density at radius 3 is 1.67 bits per heavy atom. The zero-order valence-corrected chi connectivity index (χ0v) is 18.5. The molecule has 0 amide bonds. The second-order valence-electron chi connectivity index (χ2n) is 3.89. The van der Waals surface area contributed by atoms with Gasteiger partial charge in [-0.05, 0) is 33.0 Å². The number of hydrogen-bond donors (Lipinski definition) is 1. The first kappa shape index (κ1) is 34.2. The minimum atomic E-state index is -0.523. The molecule has 1 N–H and O–H groups in total. The predicted molar refractivity (Wildman–Crippen MR) is 111 cm³/mol. The molecule has 0 saturated carbocycles. The van der Waals surface area contributed by atoms with Crippen molar-refractivity contribution < 1.29 is 9.59 Å². The smallest absolute Gasteiger partial charge is 0.243 e. The van der Waals surface area contributed by atoms with Crippen LogP contribution >= 0.6 is 0 Å². The van der Waals surface area contributed by atoms with Crippen LogP contribution in [0, 0.1) is 0 Å². The van der Waals surface area contributed by atoms with Crippen LogP contribution in [0.25, 0.3) is 0 Å². The molecule has 0 radical (unpaired) electrons. The Hall–Kier alpha value is -1.16. The van der Waals surface area contributed by atoms with Crippen molar-refractivity contribution >= 4 is 11.6 Å². The van der Waals surface area contributed by atoms with Crippen LogP contribution in [-0.2, 0) is 9.59 Å². The number of unbranched alkanes of at least 4 members (excludes halogenated alkanes) is 1. The Labute approximate surface area is 153 Å². The summed E-state index contributed by atoms with van der Waals surface area (Å²) >= 11 is 0. The fourth-order valence-corrected chi connectivity index (χ4v) is 1.20. The third-order valence-electron chi connectivity index (χ3n) is 2.44. The predicted octanol–water partition coefficient (Wildman–Crippen LogP) is 5.08. The van der Waals surface area contributed by atoms with E-state index in [9.17, 15) is 9.59 Å². The van der Waals surface area contributed by atoms with Gasteiger partial charge >= 0.3 is 0 Å². The minimum Gasteiger partial charge on any atom is -0.382 e. The highest BCUT2D eigenvalue weighted by molar-refractivity contribution is 6.42. The van der Waals surface area contributed by atoms with E-state index in [0.29, 0.717) is 6.54 Å². The van der Waals surface area contributed by atoms with Crippen molar-refractivity contribution in [1.82, 2.24) is 10.2 Å². The highest BCUT2D eigenvalue weighted by atomic mass is 16.2. The van der Waals surface area contributed by atoms with Crippen LogP contribution in [0.4, 0.5) is 0 Å². The lowest BCUT2D eigenvalue weighted by Crippen LogP contribution is -2.25. The second kappa shape index (κ2) is 33.4. The van der Waals surface area contributed by atoms with E-state index in [1.165, 1.54) is 6.92 Å². The third-order valence-corrected chi connectivity index (χ3v) is 2.44. The fraction of sp³-hybridized carbons (Fsp3) is 0.800. The summed E-state index contributed by atoms with van der Waals surface area (Å²) in [7, 11) is 2.08. The second-order valence-corrected chi connectivity index (χ2v) is 3.89. The summed E-state index contributed by atoms with van der Waals surface area (Å²) < 4.78 is 0. The topological polar surface area (TPSA) is 49.4 Å². The van der Waals surface area contributed by atoms with Crippen LogP contribution in [0.5, 0.6) is 0 Å². The van der Waals surface area contributed by atoms with Crippen molar-refractivity contribution in [3.63, 3.8) is 0 Å². The molecule has 24 heavy (non-hydrogen) atoms. The molecule has 0 aromatic rings. The molecule has 0 aliphatic carbocycles. The maximum Gasteiger partial charge on any atom is 0.243 e. The summed E-state index contributed by atoms with van der Waals surface area (Å²) in [5.74, 6) is -0.992. The normalized spacial score (nSPS) is 7.83. The molecule has 0 aliphatic rings. The molecule has 148 valence electrons. The van der Waals surface area contributed by atoms with Crippen LogP contribution in [0.15, 0.2) is 12.3 Å². The summed E-state index contributed by atoms with van der Waals surface area (Å²) in [6.45, 7) is 25.7. The van der Waals surface area contributed by atoms with Crippen molar-refractivity contribution in [3.8, 4) is 0 Å². The lowest BCUT2D eigenvalue weighted by atomic mass is 10.2. The molecule has 0 aromatic heterocycles. The van der Waals surface area contributed by atoms with Gasteiger partial charge in [-0.3, -0.25) is 9.59 Å². The summed E-state index contributed by atoms with van der Waals surface area (Å²) in [6.07, 6.45) is 2.04. The zero-order valence-electron chi connectivity index (χ0n) is 18.5. The number of Topliss-reactive ketones (excluding diaryl/α,β-unsaturated/α-hetero) is 2. The number of nitrogens with zero attached hydrogens (tertiary/aromatic N) is 1. The van der Waals surface area contributed by atoms with E-state index in [0.717, 1.165) is 25.9 Å². The van der Waals surface area contributed by atoms with Gasteiger partial charge < -0.3 is 10.2 Å². The van der Waals surface area contributed by atoms with Crippen LogP contribution in [0.3, 0.4) is 0 Å². The number of hydrogen-bond acceptors (Lipinski definition) is 4. The number of allylic oxidation sites excluding steroid dienone is 1. The van der Waals surface area contributed by atoms with Crippen LogP contribution in [-0.4, -0.2) is 43.1 Å². The molecule has 0 bridgehead atoms. The standard InChI is InChI=1S/C12H22N2O2.4C2H6/c1-5-14(4)9-7-6-8-13-10(2)12(16)11(3)15;4*1-2/h13H,2,5-9H2,1,3-4H3;4*1-2H3. The van der Waals surface area contributed by atoms with Gasteiger partial charge in [-0.15, -0.1) is 0 Å². The van der Waals surface area contributed by atoms with Gasteiger partial charge in [-0.2, -0.15) is 0 Å². The molecule has 0 rings (SSSR count). The van der Waals surface area contributed by atoms with Crippen molar-refractivity contribution in [2.75, 3.05) is 26.7 Å². The SMILES string of the molecule is C=C(NCCCCN(C)CC)C(=O)C(C)=O.CC.CC.CC.CC. The monoisotopic (exact) mass is 346 g/mol. The summed E-state index contributed by atoms with van der Waals surface area (Å²) in [5, 5.41) is 2.87. The molecule has 0 spiro atoms. The van der Waals surface area contributed by atoms with Crippen LogP contribution in [0.1, 0.15) is 82.1 Å². The average molecular weight is 347 g/mol. The Bertz CT molecular complexity index is 264. The quantitative estimate of drug-likeness (QED) is 0.359. The fourth-order valence-electron chi connectivity index (χ4n) is 1.20. The Kier molecular flexibility index (Phi) is 47.7. The molecule has 0 aromatic carbocycles. The molecule has 0 aliphatic heterocycles. The van der Waals surface area contributed by atoms with Crippen molar-refractivity contribution in [1.29, 1.82) is 0 Å². The van der Waals surface area contributed by atoms with Gasteiger partial charge in [0.2, 0.25) is 11.6 Å². The Morgan fingerprint density at radius 1 is 0.917 bits per heavy atom. The van der Waals surface area contributed by atoms with E-state index >= 15 is 0 Å². The molecule has 0 fully saturated rings. The molecular weight excluding hydrogens is 300 g/mol. The lowest BCUT2D eigenvalue weighted by molar-refractivity contribution is -0.133. The lowest BCUT2D eigenvalue weighted by Gasteiger charge is -2.13. The molecule has 4 heteroatoms. The van der Waals surface area contributed by atoms with Crippen molar-refractivity contribution in [2.45, 2.75) is 82.1 Å². The largest absolute Gasteiger partial charge is 0.382 e. The maximum atomic E-state index is 11.1. The van der Waals surface area contributed by atoms with Gasteiger partial charge in [-0.25, -0.2) is 0 Å². The van der Waals surface area contributed by atoms with Gasteiger partial charge in [0.05, 0.1) is 5.70 Å². The van der Waals surface area contributed by atoms with Gasteiger partial charge in [-0.1, -0.05) is 68.9 Å². The van der Waals surface area contributed by atoms with E-state index in [2.05, 4.69) is 30.8 Å². The van der Waals surface area contributed by atoms with Gasteiger partial charge in [0, 0.05) is 13.5 Å². The number of ketones is 2. The highest BCUT2D eigenvalue weighted by Crippen LogP contribution is 1.94. The molecule has 0 unspecified atom stereocenters. The average Bonchev–Trinajstić information content (AvgIpc) is 2.66. The van der Waals surface area contributed by atoms with E-state index in [1.54, 1.807) is 0 Å². The molecule has 0 saturated heterocycles. The molecule has 4 nitrogen and oxygen atoms in total. The Balaban J connectivity index is -0.000000130. The van der Waals surface area contributed by atoms with Crippen molar-refractivity contribution in [3.05, 3.63) is 12.3 Å². The maximum absolute atomic E-state index is 11.1. The molecule has 0 heterocycles. The Morgan fingerprint density at radius 2 is 1.33 bits per heavy atom. The van der Waals surface area contributed by atoms with Gasteiger partial charge in [0.25, 0.3) is 0 Å². The number of rotatable bonds is 9. The first-order valence-corrected chi connectivity index (χ1v) is 9.65. The van der Waals surface area contributed by atoms with Crippen LogP contribution in [0.2, 0.25) is 0 Å². The molecule has 0 atom stereocenters. The first-order valence-electron chi connectivity index (χ1n) is 9.65. The van der Waals surface area contributed by atoms with E-state index in [1.807, 2.05) is 55.4 Å². The summed E-state index contributed by atoms with van der Waals surface area (Å²) in [5.41, 5.74) is 0.205. The summed E-state index contributed by atoms with van der Waals surface area (Å²) in [4.78, 5) is 24.1. The van der Waals surface area contributed by atoms with E-state index in [4.69, 9.17) is 0 Å². The number of nitrogens with one attached hydrogen (secondary N) is 1. The zero-order chi connectivity index (χ0) is 20.6. The highest BCUT2D eigenvalue weighted by Gasteiger charge is 2.10. The summed E-state index contributed by atoms with van der Waals surface area (Å²) in [6, 6.07) is 0. The van der Waals surface area contributed by atoms with Gasteiger partial charge in [0.1, 0.15) is 0 Å². The van der Waals surface area contributed by atoms with Crippen LogP contribution < -0.4 is 5.32 Å². The van der Waals surface area contributed by atoms with E-state index in [-0.39, 0.29) is 5.70 Å². The van der Waals surface area contributed by atoms with E-state index < -0.39 is 11.6 Å². The number of carbonyl (C=O) groups excluding carboxylic acids is 2. The van der Waals surface area contributed by atoms with Gasteiger partial charge in [0.15, 0.2) is 0 Å².